The van der Waals surface area contributed by atoms with Crippen LogP contribution in [0.4, 0.5) is 0 Å². The van der Waals surface area contributed by atoms with Gasteiger partial charge in [0.15, 0.2) is 0 Å². The fourth-order valence-electron chi connectivity index (χ4n) is 0.888. The summed E-state index contributed by atoms with van der Waals surface area (Å²) in [6.45, 7) is 3.28. The minimum atomic E-state index is -0.869. The highest BCUT2D eigenvalue weighted by atomic mass is 32.1. The fourth-order valence-corrected chi connectivity index (χ4v) is 1.67. The molecule has 1 N–H and O–H groups in total. The van der Waals surface area contributed by atoms with E-state index in [0.717, 1.165) is 17.9 Å². The number of thiophene rings is 1. The number of carboxylic acid groups (broad SMARTS) is 1. The molecule has 0 saturated carbocycles. The monoisotopic (exact) mass is 200 g/mol. The lowest BCUT2D eigenvalue weighted by Gasteiger charge is -1.97. The van der Waals surface area contributed by atoms with Crippen molar-refractivity contribution in [3.63, 3.8) is 0 Å². The lowest BCUT2D eigenvalue weighted by atomic mass is 10.4. The quantitative estimate of drug-likeness (QED) is 0.742. The zero-order valence-corrected chi connectivity index (χ0v) is 8.26. The van der Waals surface area contributed by atoms with Crippen LogP contribution in [0.2, 0.25) is 0 Å². The summed E-state index contributed by atoms with van der Waals surface area (Å²) in [6, 6.07) is 3.40. The lowest BCUT2D eigenvalue weighted by Crippen LogP contribution is -1.91. The molecule has 1 aromatic heterocycles. The third kappa shape index (κ3) is 3.16. The molecule has 0 amide bonds. The van der Waals surface area contributed by atoms with Gasteiger partial charge in [-0.2, -0.15) is 0 Å². The van der Waals surface area contributed by atoms with Crippen molar-refractivity contribution in [2.24, 2.45) is 0 Å². The summed E-state index contributed by atoms with van der Waals surface area (Å²) in [4.78, 5) is 11.8. The van der Waals surface area contributed by atoms with Crippen LogP contribution in [0.3, 0.4) is 0 Å². The molecule has 0 saturated heterocycles. The predicted octanol–water partition coefficient (Wildman–Crippen LogP) is 2.37. The topological polar surface area (TPSA) is 46.5 Å². The molecule has 13 heavy (non-hydrogen) atoms. The van der Waals surface area contributed by atoms with Gasteiger partial charge in [0.05, 0.1) is 6.61 Å². The standard InChI is InChI=1S/C9H12O3S/c1-2-5-12-6-7-3-4-8(13-7)9(10)11/h3-4H,2,5-6H2,1H3,(H,10,11). The van der Waals surface area contributed by atoms with E-state index in [2.05, 4.69) is 0 Å². The van der Waals surface area contributed by atoms with Gasteiger partial charge in [0.2, 0.25) is 0 Å². The molecule has 0 aliphatic carbocycles. The molecule has 0 radical (unpaired) electrons. The van der Waals surface area contributed by atoms with Gasteiger partial charge in [-0.05, 0) is 18.6 Å². The number of hydrogen-bond acceptors (Lipinski definition) is 3. The molecule has 72 valence electrons. The smallest absolute Gasteiger partial charge is 0.345 e. The van der Waals surface area contributed by atoms with Gasteiger partial charge in [0.1, 0.15) is 4.88 Å². The Morgan fingerprint density at radius 2 is 2.38 bits per heavy atom. The molecule has 0 aliphatic heterocycles. The van der Waals surface area contributed by atoms with Crippen molar-refractivity contribution in [1.82, 2.24) is 0 Å². The van der Waals surface area contributed by atoms with Gasteiger partial charge in [0, 0.05) is 11.5 Å². The van der Waals surface area contributed by atoms with Crippen molar-refractivity contribution in [2.75, 3.05) is 6.61 Å². The minimum Gasteiger partial charge on any atom is -0.477 e. The van der Waals surface area contributed by atoms with Crippen LogP contribution in [-0.4, -0.2) is 17.7 Å². The van der Waals surface area contributed by atoms with Crippen LogP contribution in [0.1, 0.15) is 27.9 Å². The molecule has 0 aromatic carbocycles. The first-order valence-corrected chi connectivity index (χ1v) is 4.95. The van der Waals surface area contributed by atoms with E-state index in [0.29, 0.717) is 11.5 Å². The minimum absolute atomic E-state index is 0.370. The Bertz CT molecular complexity index is 280. The van der Waals surface area contributed by atoms with E-state index in [9.17, 15) is 4.79 Å². The Kier molecular flexibility index (Phi) is 3.92. The maximum atomic E-state index is 10.5. The SMILES string of the molecule is CCCOCc1ccc(C(=O)O)s1. The van der Waals surface area contributed by atoms with Crippen LogP contribution < -0.4 is 0 Å². The first-order chi connectivity index (χ1) is 6.24. The highest BCUT2D eigenvalue weighted by Crippen LogP contribution is 2.17. The molecule has 0 bridgehead atoms. The second-order valence-corrected chi connectivity index (χ2v) is 3.79. The van der Waals surface area contributed by atoms with Gasteiger partial charge in [-0.1, -0.05) is 6.92 Å². The zero-order chi connectivity index (χ0) is 9.68. The van der Waals surface area contributed by atoms with Crippen LogP contribution in [0, 0.1) is 0 Å². The maximum absolute atomic E-state index is 10.5. The first kappa shape index (κ1) is 10.2. The summed E-state index contributed by atoms with van der Waals surface area (Å²) in [5.41, 5.74) is 0. The summed E-state index contributed by atoms with van der Waals surface area (Å²) in [5, 5.41) is 8.64. The third-order valence-corrected chi connectivity index (χ3v) is 2.51. The van der Waals surface area contributed by atoms with Gasteiger partial charge in [-0.25, -0.2) is 4.79 Å². The molecule has 0 unspecified atom stereocenters. The van der Waals surface area contributed by atoms with E-state index in [4.69, 9.17) is 9.84 Å². The summed E-state index contributed by atoms with van der Waals surface area (Å²) in [6.07, 6.45) is 0.983. The summed E-state index contributed by atoms with van der Waals surface area (Å²) >= 11 is 1.27. The zero-order valence-electron chi connectivity index (χ0n) is 7.45. The van der Waals surface area contributed by atoms with Crippen LogP contribution in [0.25, 0.3) is 0 Å². The summed E-state index contributed by atoms with van der Waals surface area (Å²) in [7, 11) is 0. The van der Waals surface area contributed by atoms with Crippen LogP contribution in [-0.2, 0) is 11.3 Å². The molecule has 0 aliphatic rings. The number of rotatable bonds is 5. The Balaban J connectivity index is 2.44. The second-order valence-electron chi connectivity index (χ2n) is 2.62. The largest absolute Gasteiger partial charge is 0.477 e. The molecule has 0 spiro atoms. The highest BCUT2D eigenvalue weighted by molar-refractivity contribution is 7.13. The highest BCUT2D eigenvalue weighted by Gasteiger charge is 2.06. The van der Waals surface area contributed by atoms with Crippen molar-refractivity contribution in [3.8, 4) is 0 Å². The average Bonchev–Trinajstić information content (AvgIpc) is 2.53. The van der Waals surface area contributed by atoms with Gasteiger partial charge >= 0.3 is 5.97 Å². The van der Waals surface area contributed by atoms with Gasteiger partial charge in [-0.15, -0.1) is 11.3 Å². The third-order valence-electron chi connectivity index (χ3n) is 1.47. The van der Waals surface area contributed by atoms with Crippen molar-refractivity contribution >= 4 is 17.3 Å². The molecule has 4 heteroatoms. The Hall–Kier alpha value is -0.870. The summed E-state index contributed by atoms with van der Waals surface area (Å²) < 4.78 is 5.28. The van der Waals surface area contributed by atoms with E-state index < -0.39 is 5.97 Å². The molecule has 1 rings (SSSR count). The van der Waals surface area contributed by atoms with Gasteiger partial charge < -0.3 is 9.84 Å². The van der Waals surface area contributed by atoms with E-state index >= 15 is 0 Å². The second kappa shape index (κ2) is 4.99. The van der Waals surface area contributed by atoms with E-state index in [1.165, 1.54) is 11.3 Å². The lowest BCUT2D eigenvalue weighted by molar-refractivity contribution is 0.0702. The van der Waals surface area contributed by atoms with E-state index in [1.807, 2.05) is 6.92 Å². The molecule has 1 heterocycles. The van der Waals surface area contributed by atoms with Gasteiger partial charge in [-0.3, -0.25) is 0 Å². The Labute approximate surface area is 81.0 Å². The Morgan fingerprint density at radius 3 is 2.92 bits per heavy atom. The number of aromatic carboxylic acids is 1. The van der Waals surface area contributed by atoms with Gasteiger partial charge in [0.25, 0.3) is 0 Å². The van der Waals surface area contributed by atoms with E-state index in [-0.39, 0.29) is 0 Å². The number of hydrogen-bond donors (Lipinski definition) is 1. The van der Waals surface area contributed by atoms with Crippen molar-refractivity contribution in [1.29, 1.82) is 0 Å². The van der Waals surface area contributed by atoms with Crippen LogP contribution in [0.5, 0.6) is 0 Å². The summed E-state index contributed by atoms with van der Waals surface area (Å²) in [5.74, 6) is -0.869. The normalized spacial score (nSPS) is 10.2. The van der Waals surface area contributed by atoms with Crippen LogP contribution in [0.15, 0.2) is 12.1 Å². The first-order valence-electron chi connectivity index (χ1n) is 4.13. The maximum Gasteiger partial charge on any atom is 0.345 e. The molecule has 0 atom stereocenters. The molecular formula is C9H12O3S. The molecule has 0 fully saturated rings. The predicted molar refractivity (Wildman–Crippen MR) is 51.2 cm³/mol. The average molecular weight is 200 g/mol. The number of ether oxygens (including phenoxy) is 1. The fraction of sp³-hybridized carbons (Fsp3) is 0.444. The van der Waals surface area contributed by atoms with Crippen molar-refractivity contribution in [3.05, 3.63) is 21.9 Å². The van der Waals surface area contributed by atoms with Crippen LogP contribution >= 0.6 is 11.3 Å². The Morgan fingerprint density at radius 1 is 1.62 bits per heavy atom. The number of carboxylic acids is 1. The van der Waals surface area contributed by atoms with Crippen molar-refractivity contribution in [2.45, 2.75) is 20.0 Å². The molecule has 3 nitrogen and oxygen atoms in total. The van der Waals surface area contributed by atoms with Crippen molar-refractivity contribution < 1.29 is 14.6 Å². The molecular weight excluding hydrogens is 188 g/mol. The number of carbonyl (C=O) groups is 1. The molecule has 1 aromatic rings. The van der Waals surface area contributed by atoms with E-state index in [1.54, 1.807) is 12.1 Å².